The zero-order valence-electron chi connectivity index (χ0n) is 14.6. The van der Waals surface area contributed by atoms with Crippen LogP contribution in [0.1, 0.15) is 39.6 Å². The molecule has 1 atom stereocenters. The Morgan fingerprint density at radius 1 is 1.46 bits per heavy atom. The van der Waals surface area contributed by atoms with Crippen LogP contribution in [-0.4, -0.2) is 23.0 Å². The number of aryl methyl sites for hydroxylation is 1. The van der Waals surface area contributed by atoms with Gasteiger partial charge in [-0.3, -0.25) is 4.79 Å². The van der Waals surface area contributed by atoms with E-state index in [0.29, 0.717) is 38.0 Å². The summed E-state index contributed by atoms with van der Waals surface area (Å²) in [5, 5.41) is 4.42. The Kier molecular flexibility index (Phi) is 5.41. The smallest absolute Gasteiger partial charge is 0.348 e. The van der Waals surface area contributed by atoms with E-state index in [9.17, 15) is 9.59 Å². The number of methoxy groups -OCH3 is 1. The third kappa shape index (κ3) is 3.65. The van der Waals surface area contributed by atoms with E-state index >= 15 is 0 Å². The van der Waals surface area contributed by atoms with Gasteiger partial charge in [-0.2, -0.15) is 0 Å². The largest absolute Gasteiger partial charge is 0.465 e. The average Bonchev–Trinajstić information content (AvgIpc) is 2.96. The molecule has 0 unspecified atom stereocenters. The van der Waals surface area contributed by atoms with Crippen LogP contribution in [0.4, 0.5) is 0 Å². The van der Waals surface area contributed by atoms with Gasteiger partial charge in [0.2, 0.25) is 0 Å². The fraction of sp³-hybridized carbons (Fsp3) is 0.278. The van der Waals surface area contributed by atoms with Crippen molar-refractivity contribution in [3.8, 4) is 0 Å². The number of aromatic nitrogens is 2. The van der Waals surface area contributed by atoms with Gasteiger partial charge in [-0.15, -0.1) is 11.3 Å². The minimum atomic E-state index is -0.459. The molecule has 0 spiro atoms. The molecule has 0 aliphatic heterocycles. The summed E-state index contributed by atoms with van der Waals surface area (Å²) in [6.45, 7) is 4.11. The first-order valence-electron chi connectivity index (χ1n) is 8.00. The number of benzene rings is 1. The molecule has 1 aromatic carbocycles. The van der Waals surface area contributed by atoms with Gasteiger partial charge in [0.1, 0.15) is 15.5 Å². The molecule has 136 valence electrons. The lowest BCUT2D eigenvalue weighted by Gasteiger charge is -2.14. The Hall–Kier alpha value is -2.22. The number of H-pyrrole nitrogens is 1. The maximum Gasteiger partial charge on any atom is 0.348 e. The maximum absolute atomic E-state index is 12.4. The van der Waals surface area contributed by atoms with Crippen LogP contribution in [0.3, 0.4) is 0 Å². The number of hydrogen-bond acceptors (Lipinski definition) is 6. The molecule has 0 aliphatic carbocycles. The SMILES string of the molecule is COC(=O)c1sc2nc(CN[C@H](C)c3cccc(Cl)c3)[nH]c(=O)c2c1C. The molecule has 0 saturated carbocycles. The summed E-state index contributed by atoms with van der Waals surface area (Å²) >= 11 is 7.19. The minimum Gasteiger partial charge on any atom is -0.465 e. The molecule has 0 saturated heterocycles. The highest BCUT2D eigenvalue weighted by Crippen LogP contribution is 2.27. The van der Waals surface area contributed by atoms with Gasteiger partial charge in [-0.25, -0.2) is 9.78 Å². The van der Waals surface area contributed by atoms with Gasteiger partial charge in [-0.05, 0) is 37.1 Å². The third-order valence-corrected chi connectivity index (χ3v) is 5.55. The second-order valence-electron chi connectivity index (χ2n) is 5.90. The fourth-order valence-electron chi connectivity index (χ4n) is 2.70. The number of carbonyl (C=O) groups excluding carboxylic acids is 1. The van der Waals surface area contributed by atoms with Crippen LogP contribution in [0, 0.1) is 6.92 Å². The standard InChI is InChI=1S/C18H18ClN3O3S/c1-9-14-16(23)21-13(22-17(14)26-15(9)18(24)25-3)8-20-10(2)11-5-4-6-12(19)7-11/h4-7,10,20H,8H2,1-3H3,(H,21,22,23)/t10-/m1/s1. The Morgan fingerprint density at radius 2 is 2.23 bits per heavy atom. The van der Waals surface area contributed by atoms with Gasteiger partial charge in [0.25, 0.3) is 5.56 Å². The first-order valence-corrected chi connectivity index (χ1v) is 9.19. The van der Waals surface area contributed by atoms with Crippen molar-refractivity contribution in [1.82, 2.24) is 15.3 Å². The monoisotopic (exact) mass is 391 g/mol. The predicted molar refractivity (Wildman–Crippen MR) is 103 cm³/mol. The first kappa shape index (κ1) is 18.6. The lowest BCUT2D eigenvalue weighted by atomic mass is 10.1. The molecular formula is C18H18ClN3O3S. The number of esters is 1. The Morgan fingerprint density at radius 3 is 2.92 bits per heavy atom. The van der Waals surface area contributed by atoms with Crippen LogP contribution in [-0.2, 0) is 11.3 Å². The fourth-order valence-corrected chi connectivity index (χ4v) is 4.02. The van der Waals surface area contributed by atoms with Crippen LogP contribution in [0.15, 0.2) is 29.1 Å². The molecule has 0 fully saturated rings. The van der Waals surface area contributed by atoms with Crippen molar-refractivity contribution in [3.63, 3.8) is 0 Å². The number of halogens is 1. The van der Waals surface area contributed by atoms with Crippen LogP contribution in [0.25, 0.3) is 10.2 Å². The van der Waals surface area contributed by atoms with E-state index in [1.54, 1.807) is 6.92 Å². The van der Waals surface area contributed by atoms with E-state index in [2.05, 4.69) is 15.3 Å². The number of carbonyl (C=O) groups is 1. The second kappa shape index (κ2) is 7.57. The van der Waals surface area contributed by atoms with E-state index in [1.165, 1.54) is 18.4 Å². The quantitative estimate of drug-likeness (QED) is 0.649. The van der Waals surface area contributed by atoms with Crippen LogP contribution >= 0.6 is 22.9 Å². The van der Waals surface area contributed by atoms with Gasteiger partial charge < -0.3 is 15.0 Å². The summed E-state index contributed by atoms with van der Waals surface area (Å²) in [4.78, 5) is 32.4. The number of hydrogen-bond donors (Lipinski definition) is 2. The van der Waals surface area contributed by atoms with Gasteiger partial charge in [0, 0.05) is 11.1 Å². The van der Waals surface area contributed by atoms with Crippen molar-refractivity contribution in [2.24, 2.45) is 0 Å². The third-order valence-electron chi connectivity index (χ3n) is 4.14. The second-order valence-corrected chi connectivity index (χ2v) is 7.33. The molecule has 0 radical (unpaired) electrons. The van der Waals surface area contributed by atoms with E-state index in [4.69, 9.17) is 16.3 Å². The number of nitrogens with one attached hydrogen (secondary N) is 2. The molecular weight excluding hydrogens is 374 g/mol. The summed E-state index contributed by atoms with van der Waals surface area (Å²) in [5.74, 6) is 0.0493. The number of fused-ring (bicyclic) bond motifs is 1. The van der Waals surface area contributed by atoms with Crippen molar-refractivity contribution in [1.29, 1.82) is 0 Å². The van der Waals surface area contributed by atoms with Gasteiger partial charge in [0.15, 0.2) is 0 Å². The van der Waals surface area contributed by atoms with E-state index < -0.39 is 5.97 Å². The van der Waals surface area contributed by atoms with Crippen LogP contribution in [0.2, 0.25) is 5.02 Å². The molecule has 26 heavy (non-hydrogen) atoms. The van der Waals surface area contributed by atoms with Crippen molar-refractivity contribution in [2.75, 3.05) is 7.11 Å². The Labute approximate surface area is 159 Å². The highest BCUT2D eigenvalue weighted by molar-refractivity contribution is 7.20. The molecule has 0 amide bonds. The van der Waals surface area contributed by atoms with Gasteiger partial charge in [0.05, 0.1) is 19.0 Å². The molecule has 2 N–H and O–H groups in total. The number of thiophene rings is 1. The number of aromatic amines is 1. The lowest BCUT2D eigenvalue weighted by Crippen LogP contribution is -2.22. The van der Waals surface area contributed by atoms with Crippen LogP contribution < -0.4 is 10.9 Å². The van der Waals surface area contributed by atoms with Crippen molar-refractivity contribution in [2.45, 2.75) is 26.4 Å². The molecule has 2 heterocycles. The summed E-state index contributed by atoms with van der Waals surface area (Å²) in [5.41, 5.74) is 1.38. The van der Waals surface area contributed by atoms with Crippen molar-refractivity contribution < 1.29 is 9.53 Å². The van der Waals surface area contributed by atoms with E-state index in [-0.39, 0.29) is 11.6 Å². The van der Waals surface area contributed by atoms with E-state index in [1.807, 2.05) is 31.2 Å². The molecule has 6 nitrogen and oxygen atoms in total. The summed E-state index contributed by atoms with van der Waals surface area (Å²) in [7, 11) is 1.32. The highest BCUT2D eigenvalue weighted by atomic mass is 35.5. The summed E-state index contributed by atoms with van der Waals surface area (Å²) in [6, 6.07) is 7.62. The van der Waals surface area contributed by atoms with Gasteiger partial charge in [-0.1, -0.05) is 23.7 Å². The predicted octanol–water partition coefficient (Wildman–Crippen LogP) is 3.58. The molecule has 0 aliphatic rings. The summed E-state index contributed by atoms with van der Waals surface area (Å²) < 4.78 is 4.76. The maximum atomic E-state index is 12.4. The molecule has 0 bridgehead atoms. The molecule has 3 aromatic rings. The number of nitrogens with zero attached hydrogens (tertiary/aromatic N) is 1. The summed E-state index contributed by atoms with van der Waals surface area (Å²) in [6.07, 6.45) is 0. The highest BCUT2D eigenvalue weighted by Gasteiger charge is 2.19. The molecule has 2 aromatic heterocycles. The lowest BCUT2D eigenvalue weighted by molar-refractivity contribution is 0.0605. The average molecular weight is 392 g/mol. The first-order chi connectivity index (χ1) is 12.4. The minimum absolute atomic E-state index is 0.0328. The van der Waals surface area contributed by atoms with E-state index in [0.717, 1.165) is 5.56 Å². The number of rotatable bonds is 5. The molecule has 3 rings (SSSR count). The zero-order valence-corrected chi connectivity index (χ0v) is 16.1. The van der Waals surface area contributed by atoms with Crippen molar-refractivity contribution >= 4 is 39.1 Å². The molecule has 8 heteroatoms. The Balaban J connectivity index is 1.85. The topological polar surface area (TPSA) is 84.1 Å². The van der Waals surface area contributed by atoms with Gasteiger partial charge >= 0.3 is 5.97 Å². The number of ether oxygens (including phenoxy) is 1. The van der Waals surface area contributed by atoms with Crippen molar-refractivity contribution in [3.05, 3.63) is 61.5 Å². The normalized spacial score (nSPS) is 12.3. The Bertz CT molecular complexity index is 1030. The zero-order chi connectivity index (χ0) is 18.8. The van der Waals surface area contributed by atoms with Crippen LogP contribution in [0.5, 0.6) is 0 Å².